The fourth-order valence-corrected chi connectivity index (χ4v) is 7.97. The first-order chi connectivity index (χ1) is 27.4. The summed E-state index contributed by atoms with van der Waals surface area (Å²) in [4.78, 5) is 21.1. The van der Waals surface area contributed by atoms with Gasteiger partial charge in [-0.15, -0.1) is 0 Å². The summed E-state index contributed by atoms with van der Waals surface area (Å²) < 4.78 is 0. The molecule has 0 aliphatic carbocycles. The van der Waals surface area contributed by atoms with Crippen molar-refractivity contribution in [3.63, 3.8) is 0 Å². The van der Waals surface area contributed by atoms with Crippen LogP contribution in [0.1, 0.15) is 111 Å². The van der Waals surface area contributed by atoms with Gasteiger partial charge in [0, 0.05) is 52.4 Å². The molecule has 0 bridgehead atoms. The molecule has 11 heteroatoms. The van der Waals surface area contributed by atoms with Gasteiger partial charge in [0.15, 0.2) is 0 Å². The van der Waals surface area contributed by atoms with Crippen LogP contribution < -0.4 is 0 Å². The molecule has 0 atom stereocenters. The van der Waals surface area contributed by atoms with Crippen molar-refractivity contribution in [2.45, 2.75) is 122 Å². The third kappa shape index (κ3) is 31.4. The number of piperidine rings is 4. The molecule has 8 rings (SSSR count). The molecular formula is C47H103N9O2. The highest BCUT2D eigenvalue weighted by Gasteiger charge is 2.33. The molecule has 0 aromatic carbocycles. The molecule has 8 aliphatic heterocycles. The van der Waals surface area contributed by atoms with E-state index in [0.29, 0.717) is 0 Å². The third-order valence-corrected chi connectivity index (χ3v) is 12.9. The van der Waals surface area contributed by atoms with Gasteiger partial charge in [0.25, 0.3) is 0 Å². The van der Waals surface area contributed by atoms with Crippen molar-refractivity contribution < 1.29 is 10.2 Å². The predicted molar refractivity (Wildman–Crippen MR) is 253 cm³/mol. The van der Waals surface area contributed by atoms with E-state index >= 15 is 0 Å². The Morgan fingerprint density at radius 1 is 0.379 bits per heavy atom. The third-order valence-electron chi connectivity index (χ3n) is 12.9. The van der Waals surface area contributed by atoms with Crippen molar-refractivity contribution in [3.05, 3.63) is 0 Å². The summed E-state index contributed by atoms with van der Waals surface area (Å²) in [7, 11) is 17.2. The molecule has 0 radical (unpaired) electrons. The van der Waals surface area contributed by atoms with Crippen molar-refractivity contribution in [2.75, 3.05) is 181 Å². The van der Waals surface area contributed by atoms with E-state index in [2.05, 4.69) is 107 Å². The van der Waals surface area contributed by atoms with Crippen molar-refractivity contribution >= 4 is 0 Å². The minimum atomic E-state index is -0.382. The zero-order chi connectivity index (χ0) is 43.4. The molecule has 0 unspecified atom stereocenters. The van der Waals surface area contributed by atoms with Crippen LogP contribution in [0.2, 0.25) is 0 Å². The van der Waals surface area contributed by atoms with Gasteiger partial charge in [-0.25, -0.2) is 0 Å². The average Bonchev–Trinajstić information content (AvgIpc) is 3.66. The number of rotatable bonds is 1. The topological polar surface area (TPSA) is 69.6 Å². The lowest BCUT2D eigenvalue weighted by atomic mass is 9.94. The van der Waals surface area contributed by atoms with E-state index in [1.807, 2.05) is 20.9 Å². The summed E-state index contributed by atoms with van der Waals surface area (Å²) >= 11 is 0. The summed E-state index contributed by atoms with van der Waals surface area (Å²) in [6, 6.07) is 0. The lowest BCUT2D eigenvalue weighted by molar-refractivity contribution is -0.0705. The quantitative estimate of drug-likeness (QED) is 0.377. The molecule has 0 amide bonds. The first-order valence-electron chi connectivity index (χ1n) is 24.0. The van der Waals surface area contributed by atoms with Gasteiger partial charge in [-0.1, -0.05) is 26.7 Å². The Labute approximate surface area is 362 Å². The molecule has 11 nitrogen and oxygen atoms in total. The minimum Gasteiger partial charge on any atom is -0.390 e. The van der Waals surface area contributed by atoms with Gasteiger partial charge in [-0.05, 0) is 219 Å². The highest BCUT2D eigenvalue weighted by Crippen LogP contribution is 2.19. The number of hydrogen-bond acceptors (Lipinski definition) is 11. The molecule has 8 saturated heterocycles. The number of likely N-dealkylation sites (tertiary alicyclic amines) is 7. The monoisotopic (exact) mass is 826 g/mol. The SMILES string of the molecule is CC1CCN(C)CC1.CCN1CCN(C)CC1.CN1CC(C)(O)C1.CN1CCC(C)(O)CC1.CN1CCC1.CN1CCCC1.CN1CCCCC1.CN1CCCCC1. The Morgan fingerprint density at radius 2 is 0.690 bits per heavy atom. The molecule has 0 saturated carbocycles. The standard InChI is InChI=1S/C7H16N2.C7H15NO.C7H15N.2C6H13N.C5H11NO.C5H11N.C4H9N/c1-3-9-6-4-8(2)5-7-9;1-7(9)3-5-8(2)6-4-7;1-7-3-5-8(2)6-4-7;2*1-7-5-3-2-4-6-7;1-5(7)3-6(2)4-5;1-6-4-2-3-5-6;1-5-3-2-4-5/h3-7H2,1-2H3;9H,3-6H2,1-2H3;7H,3-6H2,1-2H3;2*2-6H2,1H3;7H,3-4H2,1-2H3;2-5H2,1H3;2-4H2,1H3. The van der Waals surface area contributed by atoms with E-state index in [1.54, 1.807) is 0 Å². The van der Waals surface area contributed by atoms with Gasteiger partial charge in [0.2, 0.25) is 0 Å². The summed E-state index contributed by atoms with van der Waals surface area (Å²) in [5.41, 5.74) is -0.763. The second kappa shape index (κ2) is 32.3. The summed E-state index contributed by atoms with van der Waals surface area (Å²) in [6.45, 7) is 31.4. The van der Waals surface area contributed by atoms with Crippen molar-refractivity contribution in [2.24, 2.45) is 5.92 Å². The number of likely N-dealkylation sites (N-methyl/N-ethyl adjacent to an activating group) is 3. The Morgan fingerprint density at radius 3 is 0.897 bits per heavy atom. The molecular weight excluding hydrogens is 723 g/mol. The van der Waals surface area contributed by atoms with E-state index in [0.717, 1.165) is 44.9 Å². The van der Waals surface area contributed by atoms with Gasteiger partial charge in [0.05, 0.1) is 11.2 Å². The zero-order valence-corrected chi connectivity index (χ0v) is 41.1. The molecule has 8 fully saturated rings. The number of piperazine rings is 1. The van der Waals surface area contributed by atoms with Crippen LogP contribution in [-0.4, -0.2) is 246 Å². The van der Waals surface area contributed by atoms with Crippen LogP contribution in [-0.2, 0) is 0 Å². The number of β-amino-alcohol motifs (C(OH)–C–C–N with tert-alkyl or cyclic N) is 1. The molecule has 0 aromatic heterocycles. The lowest BCUT2D eigenvalue weighted by Gasteiger charge is -2.41. The van der Waals surface area contributed by atoms with Gasteiger partial charge in [-0.2, -0.15) is 0 Å². The van der Waals surface area contributed by atoms with Gasteiger partial charge in [-0.3, -0.25) is 0 Å². The molecule has 8 aliphatic rings. The van der Waals surface area contributed by atoms with Crippen LogP contribution >= 0.6 is 0 Å². The molecule has 2 N–H and O–H groups in total. The van der Waals surface area contributed by atoms with Crippen molar-refractivity contribution in [1.82, 2.24) is 44.1 Å². The van der Waals surface area contributed by atoms with E-state index in [1.165, 1.54) is 169 Å². The second-order valence-corrected chi connectivity index (χ2v) is 20.1. The van der Waals surface area contributed by atoms with Crippen LogP contribution in [0.15, 0.2) is 0 Å². The van der Waals surface area contributed by atoms with Crippen molar-refractivity contribution in [3.8, 4) is 0 Å². The van der Waals surface area contributed by atoms with Crippen LogP contribution in [0, 0.1) is 5.92 Å². The first-order valence-corrected chi connectivity index (χ1v) is 24.0. The predicted octanol–water partition coefficient (Wildman–Crippen LogP) is 4.99. The molecule has 58 heavy (non-hydrogen) atoms. The average molecular weight is 826 g/mol. The number of hydrogen-bond donors (Lipinski definition) is 2. The molecule has 8 heterocycles. The maximum atomic E-state index is 9.47. The second-order valence-electron chi connectivity index (χ2n) is 20.1. The molecule has 348 valence electrons. The van der Waals surface area contributed by atoms with Gasteiger partial charge >= 0.3 is 0 Å². The normalized spacial score (nSPS) is 26.4. The van der Waals surface area contributed by atoms with Crippen LogP contribution in [0.3, 0.4) is 0 Å². The van der Waals surface area contributed by atoms with E-state index in [-0.39, 0.29) is 11.2 Å². The Balaban J connectivity index is 0.000000333. The maximum absolute atomic E-state index is 9.47. The Bertz CT molecular complexity index is 877. The summed E-state index contributed by atoms with van der Waals surface area (Å²) in [6.07, 6.45) is 17.4. The summed E-state index contributed by atoms with van der Waals surface area (Å²) in [5.74, 6) is 0.978. The van der Waals surface area contributed by atoms with Gasteiger partial charge in [0.1, 0.15) is 0 Å². The maximum Gasteiger partial charge on any atom is 0.0872 e. The molecule has 0 spiro atoms. The van der Waals surface area contributed by atoms with Gasteiger partial charge < -0.3 is 54.3 Å². The highest BCUT2D eigenvalue weighted by molar-refractivity contribution is 4.88. The highest BCUT2D eigenvalue weighted by atomic mass is 16.3. The smallest absolute Gasteiger partial charge is 0.0872 e. The van der Waals surface area contributed by atoms with E-state index < -0.39 is 0 Å². The van der Waals surface area contributed by atoms with E-state index in [9.17, 15) is 5.11 Å². The minimum absolute atomic E-state index is 0.380. The number of nitrogens with zero attached hydrogens (tertiary/aromatic N) is 9. The van der Waals surface area contributed by atoms with Crippen molar-refractivity contribution in [1.29, 1.82) is 0 Å². The molecule has 0 aromatic rings. The largest absolute Gasteiger partial charge is 0.390 e. The first kappa shape index (κ1) is 55.6. The van der Waals surface area contributed by atoms with E-state index in [4.69, 9.17) is 5.11 Å². The Kier molecular flexibility index (Phi) is 30.9. The number of aliphatic hydroxyl groups is 2. The van der Waals surface area contributed by atoms with Crippen LogP contribution in [0.25, 0.3) is 0 Å². The Hall–Kier alpha value is -0.440. The zero-order valence-electron chi connectivity index (χ0n) is 41.1. The lowest BCUT2D eigenvalue weighted by Crippen LogP contribution is -2.57. The van der Waals surface area contributed by atoms with Crippen LogP contribution in [0.5, 0.6) is 0 Å². The fourth-order valence-electron chi connectivity index (χ4n) is 7.97. The fraction of sp³-hybridized carbons (Fsp3) is 1.00. The summed E-state index contributed by atoms with van der Waals surface area (Å²) in [5, 5.41) is 18.5. The van der Waals surface area contributed by atoms with Crippen LogP contribution in [0.4, 0.5) is 0 Å².